The number of rotatable bonds is 5. The van der Waals surface area contributed by atoms with Crippen molar-refractivity contribution in [1.82, 2.24) is 4.90 Å². The van der Waals surface area contributed by atoms with Gasteiger partial charge in [0, 0.05) is 36.5 Å². The Morgan fingerprint density at radius 2 is 2.10 bits per heavy atom. The maximum absolute atomic E-state index is 12.0. The first kappa shape index (κ1) is 15.2. The molecule has 2 rings (SSSR count). The molecule has 1 aromatic rings. The van der Waals surface area contributed by atoms with Crippen molar-refractivity contribution in [2.45, 2.75) is 19.4 Å². The van der Waals surface area contributed by atoms with Gasteiger partial charge in [0.15, 0.2) is 0 Å². The summed E-state index contributed by atoms with van der Waals surface area (Å²) in [6.45, 7) is 2.25. The van der Waals surface area contributed by atoms with Crippen LogP contribution in [0.1, 0.15) is 24.9 Å². The molecule has 1 aliphatic rings. The van der Waals surface area contributed by atoms with Crippen LogP contribution in [0.3, 0.4) is 0 Å². The lowest BCUT2D eigenvalue weighted by atomic mass is 9.93. The van der Waals surface area contributed by atoms with Gasteiger partial charge in [0.25, 0.3) is 0 Å². The Bertz CT molecular complexity index is 557. The Labute approximate surface area is 123 Å². The minimum Gasteiger partial charge on any atom is -0.550 e. The normalized spacial score (nSPS) is 21.5. The van der Waals surface area contributed by atoms with E-state index < -0.39 is 17.9 Å². The van der Waals surface area contributed by atoms with E-state index in [9.17, 15) is 14.7 Å². The predicted molar refractivity (Wildman–Crippen MR) is 72.8 cm³/mol. The van der Waals surface area contributed by atoms with Crippen LogP contribution in [0, 0.1) is 5.92 Å². The first-order chi connectivity index (χ1) is 10.0. The molecule has 0 spiro atoms. The van der Waals surface area contributed by atoms with E-state index in [4.69, 9.17) is 9.47 Å². The molecule has 6 nitrogen and oxygen atoms in total. The van der Waals surface area contributed by atoms with E-state index in [-0.39, 0.29) is 12.3 Å². The van der Waals surface area contributed by atoms with Gasteiger partial charge in [0.05, 0.1) is 20.3 Å². The van der Waals surface area contributed by atoms with E-state index >= 15 is 0 Å². The molecule has 1 heterocycles. The van der Waals surface area contributed by atoms with Gasteiger partial charge in [-0.2, -0.15) is 0 Å². The quantitative estimate of drug-likeness (QED) is 0.783. The summed E-state index contributed by atoms with van der Waals surface area (Å²) in [6, 6.07) is 4.56. The topological polar surface area (TPSA) is 78.9 Å². The molecule has 1 amide bonds. The second-order valence-corrected chi connectivity index (χ2v) is 4.86. The lowest BCUT2D eigenvalue weighted by molar-refractivity contribution is -0.312. The van der Waals surface area contributed by atoms with Gasteiger partial charge in [0.1, 0.15) is 11.5 Å². The highest BCUT2D eigenvalue weighted by atomic mass is 16.5. The van der Waals surface area contributed by atoms with Crippen molar-refractivity contribution in [1.29, 1.82) is 0 Å². The summed E-state index contributed by atoms with van der Waals surface area (Å²) in [4.78, 5) is 24.9. The highest BCUT2D eigenvalue weighted by Gasteiger charge is 2.41. The second-order valence-electron chi connectivity index (χ2n) is 4.86. The van der Waals surface area contributed by atoms with E-state index in [1.807, 2.05) is 6.92 Å². The van der Waals surface area contributed by atoms with Crippen LogP contribution >= 0.6 is 0 Å². The third-order valence-electron chi connectivity index (χ3n) is 3.83. The van der Waals surface area contributed by atoms with Crippen molar-refractivity contribution >= 4 is 11.9 Å². The first-order valence-corrected chi connectivity index (χ1v) is 6.75. The number of ether oxygens (including phenoxy) is 2. The summed E-state index contributed by atoms with van der Waals surface area (Å²) in [5.41, 5.74) is 0.653. The molecule has 0 N–H and O–H groups in total. The number of carboxylic acids is 1. The highest BCUT2D eigenvalue weighted by molar-refractivity contribution is 5.87. The van der Waals surface area contributed by atoms with E-state index in [2.05, 4.69) is 0 Å². The zero-order valence-corrected chi connectivity index (χ0v) is 12.3. The van der Waals surface area contributed by atoms with Gasteiger partial charge in [-0.3, -0.25) is 4.79 Å². The smallest absolute Gasteiger partial charge is 0.223 e. The number of carbonyl (C=O) groups excluding carboxylic acids is 2. The van der Waals surface area contributed by atoms with Gasteiger partial charge in [-0.05, 0) is 19.1 Å². The molecule has 21 heavy (non-hydrogen) atoms. The number of likely N-dealkylation sites (tertiary alicyclic amines) is 1. The molecular formula is C15H18NO5-. The molecule has 0 aromatic heterocycles. The van der Waals surface area contributed by atoms with Gasteiger partial charge in [-0.15, -0.1) is 0 Å². The summed E-state index contributed by atoms with van der Waals surface area (Å²) in [6.07, 6.45) is -0.0456. The van der Waals surface area contributed by atoms with Crippen LogP contribution in [-0.2, 0) is 9.59 Å². The summed E-state index contributed by atoms with van der Waals surface area (Å²) >= 11 is 0. The van der Waals surface area contributed by atoms with Gasteiger partial charge >= 0.3 is 0 Å². The van der Waals surface area contributed by atoms with Crippen LogP contribution in [0.2, 0.25) is 0 Å². The lowest BCUT2D eigenvalue weighted by Gasteiger charge is -2.29. The molecule has 1 aliphatic heterocycles. The van der Waals surface area contributed by atoms with Crippen LogP contribution in [0.4, 0.5) is 0 Å². The van der Waals surface area contributed by atoms with Crippen molar-refractivity contribution in [3.05, 3.63) is 23.8 Å². The van der Waals surface area contributed by atoms with Gasteiger partial charge < -0.3 is 24.3 Å². The largest absolute Gasteiger partial charge is 0.550 e. The molecule has 1 fully saturated rings. The summed E-state index contributed by atoms with van der Waals surface area (Å²) < 4.78 is 10.5. The number of carbonyl (C=O) groups is 2. The molecule has 0 aliphatic carbocycles. The number of amides is 1. The Morgan fingerprint density at radius 1 is 1.38 bits per heavy atom. The van der Waals surface area contributed by atoms with Crippen LogP contribution in [-0.4, -0.2) is 37.5 Å². The fourth-order valence-corrected chi connectivity index (χ4v) is 2.82. The van der Waals surface area contributed by atoms with Crippen molar-refractivity contribution < 1.29 is 24.2 Å². The van der Waals surface area contributed by atoms with Crippen LogP contribution in [0.15, 0.2) is 18.2 Å². The van der Waals surface area contributed by atoms with Gasteiger partial charge in [-0.25, -0.2) is 0 Å². The molecule has 2 atom stereocenters. The molecule has 0 saturated carbocycles. The van der Waals surface area contributed by atoms with E-state index in [1.54, 1.807) is 23.1 Å². The number of nitrogens with zero attached hydrogens (tertiary/aromatic N) is 1. The van der Waals surface area contributed by atoms with Crippen LogP contribution in [0.5, 0.6) is 11.5 Å². The maximum atomic E-state index is 12.0. The Balaban J connectivity index is 2.50. The number of hydrogen-bond donors (Lipinski definition) is 0. The molecule has 1 aromatic carbocycles. The fraction of sp³-hybridized carbons (Fsp3) is 0.467. The molecule has 0 radical (unpaired) electrons. The molecule has 0 bridgehead atoms. The number of benzene rings is 1. The number of aliphatic carboxylic acids is 1. The van der Waals surface area contributed by atoms with Crippen molar-refractivity contribution in [2.24, 2.45) is 5.92 Å². The molecule has 1 saturated heterocycles. The van der Waals surface area contributed by atoms with Crippen LogP contribution < -0.4 is 14.6 Å². The Morgan fingerprint density at radius 3 is 2.62 bits per heavy atom. The molecular weight excluding hydrogens is 274 g/mol. The lowest BCUT2D eigenvalue weighted by Crippen LogP contribution is -2.36. The average Bonchev–Trinajstić information content (AvgIpc) is 2.83. The summed E-state index contributed by atoms with van der Waals surface area (Å²) in [5.74, 6) is -1.18. The third-order valence-corrected chi connectivity index (χ3v) is 3.83. The zero-order chi connectivity index (χ0) is 15.6. The first-order valence-electron chi connectivity index (χ1n) is 6.75. The summed E-state index contributed by atoms with van der Waals surface area (Å²) in [7, 11) is 3.04. The van der Waals surface area contributed by atoms with Gasteiger partial charge in [0.2, 0.25) is 5.91 Å². The minimum absolute atomic E-state index is 0.0456. The highest BCUT2D eigenvalue weighted by Crippen LogP contribution is 2.42. The fourth-order valence-electron chi connectivity index (χ4n) is 2.82. The second kappa shape index (κ2) is 6.03. The molecule has 0 unspecified atom stereocenters. The third kappa shape index (κ3) is 2.66. The Kier molecular flexibility index (Phi) is 4.35. The zero-order valence-electron chi connectivity index (χ0n) is 12.3. The monoisotopic (exact) mass is 292 g/mol. The standard InChI is InChI=1S/C15H19NO5/c1-4-16-13(17)8-11(15(18)19)14(16)10-6-5-9(20-2)7-12(10)21-3/h5-7,11,14H,4,8H2,1-3H3,(H,18,19)/p-1/t11-,14+/m1/s1. The Hall–Kier alpha value is -2.24. The maximum Gasteiger partial charge on any atom is 0.223 e. The van der Waals surface area contributed by atoms with E-state index in [0.717, 1.165) is 0 Å². The number of hydrogen-bond acceptors (Lipinski definition) is 5. The van der Waals surface area contributed by atoms with Crippen LogP contribution in [0.25, 0.3) is 0 Å². The number of methoxy groups -OCH3 is 2. The molecule has 114 valence electrons. The van der Waals surface area contributed by atoms with Gasteiger partial charge in [-0.1, -0.05) is 0 Å². The predicted octanol–water partition coefficient (Wildman–Crippen LogP) is 0.363. The van der Waals surface area contributed by atoms with Crippen molar-refractivity contribution in [3.63, 3.8) is 0 Å². The van der Waals surface area contributed by atoms with E-state index in [0.29, 0.717) is 23.6 Å². The SMILES string of the molecule is CCN1C(=O)C[C@@H](C(=O)[O-])[C@@H]1c1ccc(OC)cc1OC. The average molecular weight is 292 g/mol. The molecule has 6 heteroatoms. The van der Waals surface area contributed by atoms with Crippen molar-refractivity contribution in [3.8, 4) is 11.5 Å². The number of carboxylic acid groups (broad SMARTS) is 1. The minimum atomic E-state index is -1.22. The van der Waals surface area contributed by atoms with Crippen molar-refractivity contribution in [2.75, 3.05) is 20.8 Å². The summed E-state index contributed by atoms with van der Waals surface area (Å²) in [5, 5.41) is 11.4. The van der Waals surface area contributed by atoms with E-state index in [1.165, 1.54) is 14.2 Å².